The number of piperidine rings is 1. The quantitative estimate of drug-likeness (QED) is 0.752. The summed E-state index contributed by atoms with van der Waals surface area (Å²) in [5.41, 5.74) is 0.937. The molecule has 2 saturated heterocycles. The second kappa shape index (κ2) is 10.1. The van der Waals surface area contributed by atoms with Gasteiger partial charge in [0, 0.05) is 38.7 Å². The molecule has 2 aliphatic rings. The Hall–Kier alpha value is -2.38. The number of benzene rings is 1. The molecule has 162 valence electrons. The maximum Gasteiger partial charge on any atom is 0.222 e. The summed E-state index contributed by atoms with van der Waals surface area (Å²) in [7, 11) is 2.11. The molecular formula is C23H32N4O3. The van der Waals surface area contributed by atoms with Gasteiger partial charge in [0.05, 0.1) is 5.69 Å². The predicted octanol–water partition coefficient (Wildman–Crippen LogP) is 2.19. The molecule has 30 heavy (non-hydrogen) atoms. The fourth-order valence-corrected chi connectivity index (χ4v) is 4.35. The van der Waals surface area contributed by atoms with Gasteiger partial charge < -0.3 is 24.4 Å². The molecule has 2 atom stereocenters. The molecule has 7 heteroatoms. The van der Waals surface area contributed by atoms with Gasteiger partial charge in [0.25, 0.3) is 0 Å². The summed E-state index contributed by atoms with van der Waals surface area (Å²) in [6.45, 7) is 5.89. The number of hydrogen-bond donors (Lipinski definition) is 1. The van der Waals surface area contributed by atoms with Gasteiger partial charge in [0.2, 0.25) is 5.91 Å². The molecule has 0 bridgehead atoms. The average molecular weight is 413 g/mol. The third-order valence-corrected chi connectivity index (χ3v) is 6.26. The highest BCUT2D eigenvalue weighted by Crippen LogP contribution is 2.27. The van der Waals surface area contributed by atoms with Crippen molar-refractivity contribution in [2.75, 3.05) is 46.3 Å². The van der Waals surface area contributed by atoms with Crippen molar-refractivity contribution in [3.05, 3.63) is 47.9 Å². The lowest BCUT2D eigenvalue weighted by Crippen LogP contribution is -2.48. The Kier molecular flexibility index (Phi) is 7.02. The summed E-state index contributed by atoms with van der Waals surface area (Å²) in [5, 5.41) is 7.73. The summed E-state index contributed by atoms with van der Waals surface area (Å²) in [5.74, 6) is 2.62. The number of hydrogen-bond acceptors (Lipinski definition) is 6. The first kappa shape index (κ1) is 20.9. The number of ether oxygens (including phenoxy) is 1. The van der Waals surface area contributed by atoms with E-state index in [9.17, 15) is 4.79 Å². The van der Waals surface area contributed by atoms with Crippen LogP contribution in [0.3, 0.4) is 0 Å². The lowest BCUT2D eigenvalue weighted by Gasteiger charge is -2.36. The molecule has 2 fully saturated rings. The van der Waals surface area contributed by atoms with Gasteiger partial charge in [-0.2, -0.15) is 0 Å². The largest absolute Gasteiger partial charge is 0.486 e. The van der Waals surface area contributed by atoms with Crippen molar-refractivity contribution in [3.63, 3.8) is 0 Å². The van der Waals surface area contributed by atoms with Crippen molar-refractivity contribution >= 4 is 5.91 Å². The van der Waals surface area contributed by atoms with Crippen molar-refractivity contribution in [2.45, 2.75) is 25.9 Å². The van der Waals surface area contributed by atoms with Crippen molar-refractivity contribution in [1.29, 1.82) is 0 Å². The van der Waals surface area contributed by atoms with Gasteiger partial charge in [-0.25, -0.2) is 0 Å². The molecule has 1 aromatic heterocycles. The van der Waals surface area contributed by atoms with Crippen molar-refractivity contribution in [2.24, 2.45) is 11.8 Å². The smallest absolute Gasteiger partial charge is 0.222 e. The summed E-state index contributed by atoms with van der Waals surface area (Å²) in [6, 6.07) is 11.7. The van der Waals surface area contributed by atoms with Gasteiger partial charge >= 0.3 is 0 Å². The molecule has 2 unspecified atom stereocenters. The zero-order valence-electron chi connectivity index (χ0n) is 17.8. The second-order valence-electron chi connectivity index (χ2n) is 8.49. The van der Waals surface area contributed by atoms with Crippen LogP contribution in [0.1, 0.15) is 24.3 Å². The van der Waals surface area contributed by atoms with E-state index in [0.29, 0.717) is 30.8 Å². The number of aromatic nitrogens is 1. The van der Waals surface area contributed by atoms with E-state index in [2.05, 4.69) is 22.4 Å². The van der Waals surface area contributed by atoms with Gasteiger partial charge in [-0.3, -0.25) is 4.79 Å². The van der Waals surface area contributed by atoms with Crippen LogP contribution in [0.25, 0.3) is 0 Å². The number of amides is 1. The molecule has 2 aliphatic heterocycles. The third kappa shape index (κ3) is 5.61. The summed E-state index contributed by atoms with van der Waals surface area (Å²) in [4.78, 5) is 17.1. The topological polar surface area (TPSA) is 70.8 Å². The maximum absolute atomic E-state index is 12.8. The van der Waals surface area contributed by atoms with Gasteiger partial charge in [-0.05, 0) is 56.9 Å². The minimum absolute atomic E-state index is 0.303. The summed E-state index contributed by atoms with van der Waals surface area (Å²) < 4.78 is 11.2. The number of carbonyl (C=O) groups excluding carboxylic acids is 1. The molecule has 0 aliphatic carbocycles. The number of rotatable bonds is 7. The summed E-state index contributed by atoms with van der Waals surface area (Å²) in [6.07, 6.45) is 2.49. The van der Waals surface area contributed by atoms with Crippen LogP contribution in [0.5, 0.6) is 5.75 Å². The first-order valence-corrected chi connectivity index (χ1v) is 11.0. The molecule has 1 aromatic carbocycles. The van der Waals surface area contributed by atoms with Crippen LogP contribution in [0.15, 0.2) is 40.9 Å². The Labute approximate surface area is 178 Å². The number of likely N-dealkylation sites (N-methyl/N-ethyl adjacent to an activating group) is 1. The monoisotopic (exact) mass is 412 g/mol. The first-order valence-electron chi connectivity index (χ1n) is 11.0. The second-order valence-corrected chi connectivity index (χ2v) is 8.49. The molecule has 1 amide bonds. The van der Waals surface area contributed by atoms with E-state index >= 15 is 0 Å². The highest BCUT2D eigenvalue weighted by atomic mass is 16.5. The fraction of sp³-hybridized carbons (Fsp3) is 0.565. The van der Waals surface area contributed by atoms with Crippen molar-refractivity contribution in [1.82, 2.24) is 20.3 Å². The van der Waals surface area contributed by atoms with Gasteiger partial charge in [0.15, 0.2) is 5.76 Å². The van der Waals surface area contributed by atoms with E-state index in [1.165, 1.54) is 0 Å². The van der Waals surface area contributed by atoms with Gasteiger partial charge in [0.1, 0.15) is 12.4 Å². The highest BCUT2D eigenvalue weighted by Gasteiger charge is 2.30. The van der Waals surface area contributed by atoms with E-state index in [1.807, 2.05) is 41.3 Å². The normalized spacial score (nSPS) is 22.8. The molecule has 3 heterocycles. The van der Waals surface area contributed by atoms with Crippen LogP contribution < -0.4 is 10.1 Å². The predicted molar refractivity (Wildman–Crippen MR) is 114 cm³/mol. The van der Waals surface area contributed by atoms with Gasteiger partial charge in [-0.15, -0.1) is 0 Å². The number of nitrogens with one attached hydrogen (secondary N) is 1. The van der Waals surface area contributed by atoms with Crippen LogP contribution in [-0.4, -0.2) is 67.2 Å². The maximum atomic E-state index is 12.8. The molecule has 1 N–H and O–H groups in total. The van der Waals surface area contributed by atoms with E-state index in [-0.39, 0.29) is 0 Å². The Morgan fingerprint density at radius 1 is 1.20 bits per heavy atom. The lowest BCUT2D eigenvalue weighted by molar-refractivity contribution is -0.134. The van der Waals surface area contributed by atoms with Crippen molar-refractivity contribution < 1.29 is 14.1 Å². The van der Waals surface area contributed by atoms with Gasteiger partial charge in [-0.1, -0.05) is 23.4 Å². The fourth-order valence-electron chi connectivity index (χ4n) is 4.35. The van der Waals surface area contributed by atoms with Crippen LogP contribution in [0, 0.1) is 11.8 Å². The molecule has 0 radical (unpaired) electrons. The SMILES string of the molecule is CN1CCN(C(=O)CC2CCNCC2Cc2cc(COc3ccccc3)on2)CC1. The zero-order chi connectivity index (χ0) is 20.8. The molecule has 2 aromatic rings. The number of piperazine rings is 1. The molecule has 4 rings (SSSR count). The van der Waals surface area contributed by atoms with E-state index in [0.717, 1.165) is 69.3 Å². The number of carbonyl (C=O) groups is 1. The highest BCUT2D eigenvalue weighted by molar-refractivity contribution is 5.76. The van der Waals surface area contributed by atoms with E-state index in [4.69, 9.17) is 9.26 Å². The lowest BCUT2D eigenvalue weighted by atomic mass is 9.81. The molecule has 0 spiro atoms. The average Bonchev–Trinajstić information content (AvgIpc) is 3.22. The van der Waals surface area contributed by atoms with E-state index in [1.54, 1.807) is 0 Å². The standard InChI is InChI=1S/C23H32N4O3/c1-26-9-11-27(12-10-26)23(28)14-18-7-8-24-16-19(18)13-20-15-22(30-25-20)17-29-21-5-3-2-4-6-21/h2-6,15,18-19,24H,7-14,16-17H2,1H3. The van der Waals surface area contributed by atoms with Crippen molar-refractivity contribution in [3.8, 4) is 5.75 Å². The van der Waals surface area contributed by atoms with E-state index < -0.39 is 0 Å². The zero-order valence-corrected chi connectivity index (χ0v) is 17.8. The van der Waals surface area contributed by atoms with Crippen LogP contribution >= 0.6 is 0 Å². The number of para-hydroxylation sites is 1. The minimum atomic E-state index is 0.303. The Morgan fingerprint density at radius 2 is 2.00 bits per heavy atom. The first-order chi connectivity index (χ1) is 14.7. The van der Waals surface area contributed by atoms with Crippen LogP contribution in [-0.2, 0) is 17.8 Å². The summed E-state index contributed by atoms with van der Waals surface area (Å²) >= 11 is 0. The minimum Gasteiger partial charge on any atom is -0.486 e. The molecule has 0 saturated carbocycles. The molecule has 7 nitrogen and oxygen atoms in total. The Balaban J connectivity index is 1.30. The Bertz CT molecular complexity index is 802. The third-order valence-electron chi connectivity index (χ3n) is 6.26. The number of nitrogens with zero attached hydrogens (tertiary/aromatic N) is 3. The Morgan fingerprint density at radius 3 is 2.80 bits per heavy atom. The molecular weight excluding hydrogens is 380 g/mol. The van der Waals surface area contributed by atoms with Crippen LogP contribution in [0.2, 0.25) is 0 Å². The van der Waals surface area contributed by atoms with Crippen LogP contribution in [0.4, 0.5) is 0 Å².